The molecule has 3 N–H and O–H groups in total. The van der Waals surface area contributed by atoms with Crippen molar-refractivity contribution in [3.05, 3.63) is 11.8 Å². The quantitative estimate of drug-likeness (QED) is 0.697. The Morgan fingerprint density at radius 2 is 2.29 bits per heavy atom. The number of aromatic nitrogens is 2. The summed E-state index contributed by atoms with van der Waals surface area (Å²) in [4.78, 5) is 0. The van der Waals surface area contributed by atoms with Crippen LogP contribution in [0.4, 0.5) is 5.82 Å². The van der Waals surface area contributed by atoms with E-state index >= 15 is 0 Å². The Bertz CT molecular complexity index is 366. The van der Waals surface area contributed by atoms with Crippen molar-refractivity contribution in [3.8, 4) is 0 Å². The first kappa shape index (κ1) is 8.26. The van der Waals surface area contributed by atoms with Crippen LogP contribution in [0.25, 0.3) is 0 Å². The molecule has 5 nitrogen and oxygen atoms in total. The van der Waals surface area contributed by atoms with Gasteiger partial charge in [-0.2, -0.15) is 5.10 Å². The molecule has 0 spiro atoms. The Labute approximate surface area is 81.5 Å². The molecule has 0 radical (unpaired) electrons. The summed E-state index contributed by atoms with van der Waals surface area (Å²) < 4.78 is 6.88. The van der Waals surface area contributed by atoms with Gasteiger partial charge < -0.3 is 15.6 Å². The molecule has 1 aromatic rings. The van der Waals surface area contributed by atoms with E-state index in [1.54, 1.807) is 6.07 Å². The second kappa shape index (κ2) is 2.49. The summed E-state index contributed by atoms with van der Waals surface area (Å²) in [6.07, 6.45) is 2.26. The van der Waals surface area contributed by atoms with Crippen LogP contribution < -0.4 is 5.73 Å². The molecule has 2 heterocycles. The molecule has 1 saturated heterocycles. The second-order valence-electron chi connectivity index (χ2n) is 4.15. The lowest BCUT2D eigenvalue weighted by molar-refractivity contribution is -0.188. The van der Waals surface area contributed by atoms with Crippen molar-refractivity contribution in [1.82, 2.24) is 9.78 Å². The van der Waals surface area contributed by atoms with Crippen LogP contribution in [0.1, 0.15) is 24.6 Å². The molecule has 0 unspecified atom stereocenters. The van der Waals surface area contributed by atoms with Gasteiger partial charge in [0.15, 0.2) is 5.60 Å². The largest absolute Gasteiger partial charge is 0.382 e. The van der Waals surface area contributed by atoms with E-state index in [1.807, 2.05) is 4.68 Å². The van der Waals surface area contributed by atoms with E-state index in [4.69, 9.17) is 10.5 Å². The number of aliphatic hydroxyl groups is 1. The van der Waals surface area contributed by atoms with Crippen molar-refractivity contribution >= 4 is 5.82 Å². The average molecular weight is 195 g/mol. The fourth-order valence-electron chi connectivity index (χ4n) is 1.80. The van der Waals surface area contributed by atoms with Crippen molar-refractivity contribution < 1.29 is 9.84 Å². The lowest BCUT2D eigenvalue weighted by Gasteiger charge is -2.36. The molecular formula is C9H13N3O2. The monoisotopic (exact) mass is 195 g/mol. The summed E-state index contributed by atoms with van der Waals surface area (Å²) in [5, 5.41) is 14.3. The molecule has 0 atom stereocenters. The van der Waals surface area contributed by atoms with Gasteiger partial charge in [-0.05, 0) is 12.8 Å². The van der Waals surface area contributed by atoms with Crippen LogP contribution in [0.5, 0.6) is 0 Å². The van der Waals surface area contributed by atoms with Crippen molar-refractivity contribution in [2.24, 2.45) is 0 Å². The van der Waals surface area contributed by atoms with Gasteiger partial charge in [0.25, 0.3) is 0 Å². The average Bonchev–Trinajstić information content (AvgIpc) is 2.86. The van der Waals surface area contributed by atoms with E-state index in [9.17, 15) is 5.11 Å². The number of nitrogen functional groups attached to an aromatic ring is 1. The van der Waals surface area contributed by atoms with Crippen LogP contribution in [-0.4, -0.2) is 28.1 Å². The van der Waals surface area contributed by atoms with Crippen molar-refractivity contribution in [1.29, 1.82) is 0 Å². The first-order valence-electron chi connectivity index (χ1n) is 4.85. The maximum absolute atomic E-state index is 10.1. The molecule has 1 aliphatic heterocycles. The Balaban J connectivity index is 2.02. The zero-order chi connectivity index (χ0) is 9.76. The predicted octanol–water partition coefficient (Wildman–Crippen LogP) is 0.0180. The van der Waals surface area contributed by atoms with E-state index in [1.165, 1.54) is 0 Å². The molecule has 2 aliphatic rings. The van der Waals surface area contributed by atoms with E-state index in [0.717, 1.165) is 18.5 Å². The number of nitrogens with two attached hydrogens (primary N) is 1. The normalized spacial score (nSPS) is 24.6. The Morgan fingerprint density at radius 3 is 2.79 bits per heavy atom. The van der Waals surface area contributed by atoms with Gasteiger partial charge in [-0.25, -0.2) is 0 Å². The first-order valence-corrected chi connectivity index (χ1v) is 4.85. The van der Waals surface area contributed by atoms with Gasteiger partial charge in [0.2, 0.25) is 0 Å². The van der Waals surface area contributed by atoms with Crippen molar-refractivity contribution in [3.63, 3.8) is 0 Å². The minimum absolute atomic E-state index is 0.352. The number of rotatable bonds is 2. The third kappa shape index (κ3) is 1.06. The van der Waals surface area contributed by atoms with Gasteiger partial charge in [0.1, 0.15) is 5.82 Å². The smallest absolute Gasteiger partial charge is 0.152 e. The summed E-state index contributed by atoms with van der Waals surface area (Å²) in [6, 6.07) is 2.19. The molecule has 0 bridgehead atoms. The van der Waals surface area contributed by atoms with E-state index in [2.05, 4.69) is 5.10 Å². The fraction of sp³-hybridized carbons (Fsp3) is 0.667. The van der Waals surface area contributed by atoms with E-state index in [0.29, 0.717) is 25.1 Å². The predicted molar refractivity (Wildman–Crippen MR) is 49.6 cm³/mol. The molecule has 2 fully saturated rings. The van der Waals surface area contributed by atoms with Gasteiger partial charge >= 0.3 is 0 Å². The summed E-state index contributed by atoms with van der Waals surface area (Å²) in [6.45, 7) is 0.704. The van der Waals surface area contributed by atoms with Crippen LogP contribution in [0, 0.1) is 0 Å². The number of ether oxygens (including phenoxy) is 1. The molecule has 3 rings (SSSR count). The van der Waals surface area contributed by atoms with Gasteiger partial charge in [-0.15, -0.1) is 0 Å². The van der Waals surface area contributed by atoms with Gasteiger partial charge in [0.05, 0.1) is 24.9 Å². The van der Waals surface area contributed by atoms with Crippen molar-refractivity contribution in [2.45, 2.75) is 24.5 Å². The zero-order valence-corrected chi connectivity index (χ0v) is 7.81. The lowest BCUT2D eigenvalue weighted by atomic mass is 9.98. The molecule has 76 valence electrons. The Morgan fingerprint density at radius 1 is 1.57 bits per heavy atom. The summed E-state index contributed by atoms with van der Waals surface area (Å²) in [5.41, 5.74) is 5.59. The van der Waals surface area contributed by atoms with Crippen LogP contribution in [-0.2, 0) is 10.3 Å². The number of nitrogens with zero attached hydrogens (tertiary/aromatic N) is 2. The number of hydrogen-bond acceptors (Lipinski definition) is 4. The number of hydrogen-bond donors (Lipinski definition) is 2. The van der Waals surface area contributed by atoms with Gasteiger partial charge in [-0.1, -0.05) is 0 Å². The Hall–Kier alpha value is -1.07. The Kier molecular flexibility index (Phi) is 1.47. The highest BCUT2D eigenvalue weighted by molar-refractivity contribution is 5.34. The molecule has 5 heteroatoms. The van der Waals surface area contributed by atoms with E-state index in [-0.39, 0.29) is 0 Å². The summed E-state index contributed by atoms with van der Waals surface area (Å²) in [5.74, 6) is 0.479. The maximum Gasteiger partial charge on any atom is 0.152 e. The highest BCUT2D eigenvalue weighted by Crippen LogP contribution is 2.40. The molecule has 1 aromatic heterocycles. The summed E-state index contributed by atoms with van der Waals surface area (Å²) in [7, 11) is 0. The standard InChI is InChI=1S/C9H13N3O2/c10-8-3-7(9(13)4-14-5-9)12(11-8)6-1-2-6/h3,6,13H,1-2,4-5H2,(H2,10,11). The molecule has 0 aromatic carbocycles. The van der Waals surface area contributed by atoms with Gasteiger partial charge in [-0.3, -0.25) is 4.68 Å². The topological polar surface area (TPSA) is 73.3 Å². The fourth-order valence-corrected chi connectivity index (χ4v) is 1.80. The summed E-state index contributed by atoms with van der Waals surface area (Å²) >= 11 is 0. The van der Waals surface area contributed by atoms with E-state index < -0.39 is 5.60 Å². The minimum Gasteiger partial charge on any atom is -0.382 e. The maximum atomic E-state index is 10.1. The molecular weight excluding hydrogens is 182 g/mol. The third-order valence-corrected chi connectivity index (χ3v) is 2.81. The highest BCUT2D eigenvalue weighted by Gasteiger charge is 2.43. The zero-order valence-electron chi connectivity index (χ0n) is 7.81. The lowest BCUT2D eigenvalue weighted by Crippen LogP contribution is -2.48. The first-order chi connectivity index (χ1) is 6.69. The van der Waals surface area contributed by atoms with Gasteiger partial charge in [0, 0.05) is 6.07 Å². The highest BCUT2D eigenvalue weighted by atomic mass is 16.5. The van der Waals surface area contributed by atoms with Crippen molar-refractivity contribution in [2.75, 3.05) is 18.9 Å². The van der Waals surface area contributed by atoms with Crippen LogP contribution in [0.2, 0.25) is 0 Å². The van der Waals surface area contributed by atoms with Crippen LogP contribution in [0.3, 0.4) is 0 Å². The second-order valence-corrected chi connectivity index (χ2v) is 4.15. The molecule has 0 amide bonds. The minimum atomic E-state index is -0.854. The molecule has 14 heavy (non-hydrogen) atoms. The SMILES string of the molecule is Nc1cc(C2(O)COC2)n(C2CC2)n1. The third-order valence-electron chi connectivity index (χ3n) is 2.81. The van der Waals surface area contributed by atoms with Crippen LogP contribution >= 0.6 is 0 Å². The molecule has 1 aliphatic carbocycles. The van der Waals surface area contributed by atoms with Crippen LogP contribution in [0.15, 0.2) is 6.07 Å². The number of anilines is 1. The molecule has 1 saturated carbocycles.